The van der Waals surface area contributed by atoms with E-state index in [1.807, 2.05) is 0 Å². The molecule has 2 N–H and O–H groups in total. The van der Waals surface area contributed by atoms with Crippen molar-refractivity contribution in [2.24, 2.45) is 0 Å². The average molecular weight is 319 g/mol. The zero-order valence-electron chi connectivity index (χ0n) is 13.8. The highest BCUT2D eigenvalue weighted by atomic mass is 16.2. The Morgan fingerprint density at radius 3 is 3.04 bits per heavy atom. The molecule has 0 aliphatic carbocycles. The van der Waals surface area contributed by atoms with Crippen molar-refractivity contribution in [3.63, 3.8) is 0 Å². The molecule has 7 heteroatoms. The van der Waals surface area contributed by atoms with Crippen molar-refractivity contribution in [1.29, 1.82) is 0 Å². The van der Waals surface area contributed by atoms with Crippen molar-refractivity contribution < 1.29 is 9.59 Å². The number of fused-ring (bicyclic) bond motifs is 1. The van der Waals surface area contributed by atoms with E-state index in [1.165, 1.54) is 0 Å². The van der Waals surface area contributed by atoms with Crippen LogP contribution in [0.5, 0.6) is 0 Å². The molecule has 2 aliphatic rings. The van der Waals surface area contributed by atoms with Crippen LogP contribution in [0.15, 0.2) is 6.20 Å². The van der Waals surface area contributed by atoms with Crippen LogP contribution in [0.25, 0.3) is 0 Å². The highest BCUT2D eigenvalue weighted by molar-refractivity contribution is 5.95. The molecule has 1 aromatic heterocycles. The van der Waals surface area contributed by atoms with Gasteiger partial charge in [-0.2, -0.15) is 0 Å². The zero-order valence-corrected chi connectivity index (χ0v) is 13.8. The van der Waals surface area contributed by atoms with Gasteiger partial charge >= 0.3 is 0 Å². The summed E-state index contributed by atoms with van der Waals surface area (Å²) in [6, 6.07) is -0.158. The van der Waals surface area contributed by atoms with Crippen LogP contribution >= 0.6 is 0 Å². The fraction of sp³-hybridized carbons (Fsp3) is 0.688. The molecule has 2 aliphatic heterocycles. The lowest BCUT2D eigenvalue weighted by atomic mass is 10.1. The third-order valence-electron chi connectivity index (χ3n) is 4.65. The van der Waals surface area contributed by atoms with Gasteiger partial charge in [0, 0.05) is 32.1 Å². The van der Waals surface area contributed by atoms with E-state index < -0.39 is 6.04 Å². The molecule has 0 saturated carbocycles. The number of imidazole rings is 1. The third kappa shape index (κ3) is 3.39. The van der Waals surface area contributed by atoms with Crippen molar-refractivity contribution in [3.05, 3.63) is 12.0 Å². The number of carbonyl (C=O) groups excluding carboxylic acids is 2. The molecule has 3 heterocycles. The van der Waals surface area contributed by atoms with Gasteiger partial charge in [-0.25, -0.2) is 4.98 Å². The molecular weight excluding hydrogens is 294 g/mol. The maximum Gasteiger partial charge on any atom is 0.237 e. The fourth-order valence-electron chi connectivity index (χ4n) is 3.45. The molecule has 1 atom stereocenters. The molecule has 0 radical (unpaired) electrons. The van der Waals surface area contributed by atoms with Gasteiger partial charge in [0.05, 0.1) is 18.7 Å². The van der Waals surface area contributed by atoms with Gasteiger partial charge in [0.1, 0.15) is 11.6 Å². The smallest absolute Gasteiger partial charge is 0.237 e. The Labute approximate surface area is 136 Å². The van der Waals surface area contributed by atoms with Crippen molar-refractivity contribution >= 4 is 17.6 Å². The summed E-state index contributed by atoms with van der Waals surface area (Å²) < 4.78 is 2.07. The van der Waals surface area contributed by atoms with Crippen LogP contribution in [-0.4, -0.2) is 51.4 Å². The van der Waals surface area contributed by atoms with E-state index in [2.05, 4.69) is 38.9 Å². The summed E-state index contributed by atoms with van der Waals surface area (Å²) in [5.74, 6) is 1.59. The second kappa shape index (κ2) is 6.70. The van der Waals surface area contributed by atoms with Gasteiger partial charge in [-0.3, -0.25) is 14.5 Å². The van der Waals surface area contributed by atoms with E-state index in [0.29, 0.717) is 6.54 Å². The van der Waals surface area contributed by atoms with Crippen molar-refractivity contribution in [3.8, 4) is 0 Å². The Morgan fingerprint density at radius 1 is 1.43 bits per heavy atom. The highest BCUT2D eigenvalue weighted by Gasteiger charge is 2.33. The Balaban J connectivity index is 1.66. The number of aromatic nitrogens is 2. The lowest BCUT2D eigenvalue weighted by Gasteiger charge is -2.37. The Hall–Kier alpha value is -1.89. The number of aryl methyl sites for hydroxylation is 1. The molecule has 1 fully saturated rings. The van der Waals surface area contributed by atoms with Crippen molar-refractivity contribution in [2.75, 3.05) is 18.4 Å². The Bertz CT molecular complexity index is 595. The quantitative estimate of drug-likeness (QED) is 0.858. The van der Waals surface area contributed by atoms with E-state index in [-0.39, 0.29) is 24.3 Å². The minimum Gasteiger partial charge on any atom is -0.353 e. The predicted octanol–water partition coefficient (Wildman–Crippen LogP) is 0.757. The zero-order chi connectivity index (χ0) is 16.4. The Morgan fingerprint density at radius 2 is 2.26 bits per heavy atom. The summed E-state index contributed by atoms with van der Waals surface area (Å²) in [7, 11) is 0. The molecule has 2 amide bonds. The standard InChI is InChI=1S/C16H25N5O2/c1-11(2)20-8-6-17-16(23)12(20)9-15(22)19-14-10-18-13-5-3-4-7-21(13)14/h10-12H,3-9H2,1-2H3,(H,17,23)(H,19,22)/t12-/m0/s1. The molecule has 1 aromatic rings. The number of hydrogen-bond acceptors (Lipinski definition) is 4. The number of piperazine rings is 1. The number of amides is 2. The number of carbonyl (C=O) groups is 2. The van der Waals surface area contributed by atoms with Gasteiger partial charge < -0.3 is 15.2 Å². The first-order valence-corrected chi connectivity index (χ1v) is 8.44. The molecule has 0 spiro atoms. The van der Waals surface area contributed by atoms with Gasteiger partial charge in [0.25, 0.3) is 0 Å². The molecule has 7 nitrogen and oxygen atoms in total. The minimum absolute atomic E-state index is 0.0598. The second-order valence-electron chi connectivity index (χ2n) is 6.56. The summed E-state index contributed by atoms with van der Waals surface area (Å²) in [5.41, 5.74) is 0. The first-order valence-electron chi connectivity index (χ1n) is 8.44. The molecule has 0 aromatic carbocycles. The van der Waals surface area contributed by atoms with Gasteiger partial charge in [0.15, 0.2) is 0 Å². The number of hydrogen-bond donors (Lipinski definition) is 2. The second-order valence-corrected chi connectivity index (χ2v) is 6.56. The van der Waals surface area contributed by atoms with E-state index in [1.54, 1.807) is 6.20 Å². The van der Waals surface area contributed by atoms with Crippen molar-refractivity contribution in [2.45, 2.75) is 58.2 Å². The topological polar surface area (TPSA) is 79.3 Å². The first kappa shape index (κ1) is 16.0. The van der Waals surface area contributed by atoms with Crippen LogP contribution in [-0.2, 0) is 22.6 Å². The monoisotopic (exact) mass is 319 g/mol. The SMILES string of the molecule is CC(C)N1CCNC(=O)[C@@H]1CC(=O)Nc1cnc2n1CCCC2. The number of anilines is 1. The lowest BCUT2D eigenvalue weighted by Crippen LogP contribution is -2.58. The van der Waals surface area contributed by atoms with Gasteiger partial charge in [-0.05, 0) is 26.7 Å². The first-order chi connectivity index (χ1) is 11.1. The van der Waals surface area contributed by atoms with Crippen LogP contribution in [0, 0.1) is 0 Å². The largest absolute Gasteiger partial charge is 0.353 e. The summed E-state index contributed by atoms with van der Waals surface area (Å²) >= 11 is 0. The number of nitrogens with zero attached hydrogens (tertiary/aromatic N) is 3. The van der Waals surface area contributed by atoms with E-state index in [0.717, 1.165) is 44.0 Å². The summed E-state index contributed by atoms with van der Waals surface area (Å²) in [6.45, 7) is 6.43. The summed E-state index contributed by atoms with van der Waals surface area (Å²) in [6.07, 6.45) is 5.11. The van der Waals surface area contributed by atoms with Crippen LogP contribution in [0.3, 0.4) is 0 Å². The molecule has 126 valence electrons. The molecule has 3 rings (SSSR count). The molecule has 0 bridgehead atoms. The molecule has 1 saturated heterocycles. The van der Waals surface area contributed by atoms with Gasteiger partial charge in [-0.1, -0.05) is 0 Å². The molecule has 0 unspecified atom stereocenters. The molecular formula is C16H25N5O2. The maximum atomic E-state index is 12.4. The number of nitrogens with one attached hydrogen (secondary N) is 2. The Kier molecular flexibility index (Phi) is 4.66. The third-order valence-corrected chi connectivity index (χ3v) is 4.65. The van der Waals surface area contributed by atoms with Crippen LogP contribution in [0.2, 0.25) is 0 Å². The van der Waals surface area contributed by atoms with Gasteiger partial charge in [0.2, 0.25) is 11.8 Å². The lowest BCUT2D eigenvalue weighted by molar-refractivity contribution is -0.133. The summed E-state index contributed by atoms with van der Waals surface area (Å²) in [5, 5.41) is 5.79. The highest BCUT2D eigenvalue weighted by Crippen LogP contribution is 2.20. The predicted molar refractivity (Wildman–Crippen MR) is 87.1 cm³/mol. The molecule has 23 heavy (non-hydrogen) atoms. The fourth-order valence-corrected chi connectivity index (χ4v) is 3.45. The maximum absolute atomic E-state index is 12.4. The summed E-state index contributed by atoms with van der Waals surface area (Å²) in [4.78, 5) is 31.0. The van der Waals surface area contributed by atoms with E-state index >= 15 is 0 Å². The van der Waals surface area contributed by atoms with Crippen LogP contribution < -0.4 is 10.6 Å². The van der Waals surface area contributed by atoms with Crippen LogP contribution in [0.1, 0.15) is 38.9 Å². The van der Waals surface area contributed by atoms with Crippen molar-refractivity contribution in [1.82, 2.24) is 19.8 Å². The normalized spacial score (nSPS) is 21.9. The van der Waals surface area contributed by atoms with E-state index in [4.69, 9.17) is 0 Å². The van der Waals surface area contributed by atoms with Crippen LogP contribution in [0.4, 0.5) is 5.82 Å². The van der Waals surface area contributed by atoms with Gasteiger partial charge in [-0.15, -0.1) is 0 Å². The minimum atomic E-state index is -0.396. The average Bonchev–Trinajstić information content (AvgIpc) is 2.92. The number of rotatable bonds is 4. The van der Waals surface area contributed by atoms with E-state index in [9.17, 15) is 9.59 Å².